The summed E-state index contributed by atoms with van der Waals surface area (Å²) >= 11 is 1.85. The Hall–Kier alpha value is -2.91. The molecule has 1 heterocycles. The summed E-state index contributed by atoms with van der Waals surface area (Å²) in [6.45, 7) is 3.03. The average Bonchev–Trinajstić information content (AvgIpc) is 3.04. The molecule has 0 saturated heterocycles. The third kappa shape index (κ3) is 4.00. The molecule has 4 aromatic rings. The fourth-order valence-corrected chi connectivity index (χ4v) is 4.48. The maximum atomic E-state index is 2.42. The molecule has 0 spiro atoms. The highest BCUT2D eigenvalue weighted by Gasteiger charge is 2.19. The van der Waals surface area contributed by atoms with Gasteiger partial charge in [-0.1, -0.05) is 59.9 Å². The van der Waals surface area contributed by atoms with Gasteiger partial charge in [0, 0.05) is 37.5 Å². The summed E-state index contributed by atoms with van der Waals surface area (Å²) in [7, 11) is 4.13. The summed E-state index contributed by atoms with van der Waals surface area (Å²) < 4.78 is 3.75. The van der Waals surface area contributed by atoms with Crippen molar-refractivity contribution in [2.24, 2.45) is 0 Å². The Bertz CT molecular complexity index is 1110. The summed E-state index contributed by atoms with van der Waals surface area (Å²) in [4.78, 5) is 2.12. The highest BCUT2D eigenvalue weighted by Crippen LogP contribution is 2.24. The van der Waals surface area contributed by atoms with E-state index in [1.165, 1.54) is 37.6 Å². The molecular weight excluding hydrogens is 360 g/mol. The summed E-state index contributed by atoms with van der Waals surface area (Å²) in [5.74, 6) is 0. The Kier molecular flexibility index (Phi) is 5.27. The number of fused-ring (bicyclic) bond motifs is 1. The summed E-state index contributed by atoms with van der Waals surface area (Å²) in [5, 5.41) is 1.26. The number of thiazole rings is 1. The van der Waals surface area contributed by atoms with Crippen LogP contribution in [0, 0.1) is 6.92 Å². The van der Waals surface area contributed by atoms with Gasteiger partial charge in [0.15, 0.2) is 6.54 Å². The van der Waals surface area contributed by atoms with Crippen molar-refractivity contribution in [2.75, 3.05) is 19.0 Å². The molecular formula is C25H25N2S+. The van der Waals surface area contributed by atoms with Gasteiger partial charge in [0.05, 0.1) is 0 Å². The molecule has 3 aromatic carbocycles. The summed E-state index contributed by atoms with van der Waals surface area (Å²) in [6.07, 6.45) is 4.45. The SMILES string of the molecule is Cc1ccc2c(c1)sc(C=Cc1ccc(N(C)C)cc1)[n+]2Cc1ccccc1. The van der Waals surface area contributed by atoms with Crippen molar-refractivity contribution in [3.63, 3.8) is 0 Å². The number of hydrogen-bond donors (Lipinski definition) is 0. The van der Waals surface area contributed by atoms with E-state index < -0.39 is 0 Å². The van der Waals surface area contributed by atoms with E-state index in [0.717, 1.165) is 6.54 Å². The fraction of sp³-hybridized carbons (Fsp3) is 0.160. The van der Waals surface area contributed by atoms with Crippen molar-refractivity contribution in [2.45, 2.75) is 13.5 Å². The fourth-order valence-electron chi connectivity index (χ4n) is 3.32. The normalized spacial score (nSPS) is 11.4. The predicted molar refractivity (Wildman–Crippen MR) is 122 cm³/mol. The first-order valence-corrected chi connectivity index (χ1v) is 10.3. The van der Waals surface area contributed by atoms with Gasteiger partial charge in [-0.15, -0.1) is 0 Å². The van der Waals surface area contributed by atoms with Crippen molar-refractivity contribution >= 4 is 39.4 Å². The van der Waals surface area contributed by atoms with Crippen LogP contribution in [0.5, 0.6) is 0 Å². The van der Waals surface area contributed by atoms with Crippen molar-refractivity contribution in [1.82, 2.24) is 0 Å². The average molecular weight is 386 g/mol. The van der Waals surface area contributed by atoms with Crippen LogP contribution in [0.4, 0.5) is 5.69 Å². The second-order valence-electron chi connectivity index (χ2n) is 7.30. The standard InChI is InChI=1S/C25H25N2S/c1-19-9-15-23-24(17-19)28-25(27(23)18-21-7-5-4-6-8-21)16-12-20-10-13-22(14-11-20)26(2)3/h4-17H,18H2,1-3H3/q+1. The smallest absolute Gasteiger partial charge is 0.263 e. The van der Waals surface area contributed by atoms with Gasteiger partial charge < -0.3 is 4.90 Å². The molecule has 0 amide bonds. The van der Waals surface area contributed by atoms with Gasteiger partial charge in [-0.2, -0.15) is 4.57 Å². The maximum Gasteiger partial charge on any atom is 0.263 e. The first-order chi connectivity index (χ1) is 13.6. The van der Waals surface area contributed by atoms with Crippen LogP contribution in [0.1, 0.15) is 21.7 Å². The Morgan fingerprint density at radius 2 is 1.64 bits per heavy atom. The lowest BCUT2D eigenvalue weighted by Crippen LogP contribution is -2.35. The van der Waals surface area contributed by atoms with Gasteiger partial charge in [0.25, 0.3) is 5.01 Å². The van der Waals surface area contributed by atoms with E-state index in [9.17, 15) is 0 Å². The summed E-state index contributed by atoms with van der Waals surface area (Å²) in [6, 6.07) is 26.1. The van der Waals surface area contributed by atoms with Crippen molar-refractivity contribution in [3.8, 4) is 0 Å². The van der Waals surface area contributed by atoms with Crippen LogP contribution in [0.25, 0.3) is 22.4 Å². The topological polar surface area (TPSA) is 7.12 Å². The monoisotopic (exact) mass is 385 g/mol. The van der Waals surface area contributed by atoms with Crippen LogP contribution in [0.15, 0.2) is 72.8 Å². The number of nitrogens with zero attached hydrogens (tertiary/aromatic N) is 2. The predicted octanol–water partition coefficient (Wildman–Crippen LogP) is 5.78. The molecule has 4 rings (SSSR count). The molecule has 3 heteroatoms. The maximum absolute atomic E-state index is 2.42. The molecule has 2 nitrogen and oxygen atoms in total. The van der Waals surface area contributed by atoms with Crippen LogP contribution < -0.4 is 9.47 Å². The van der Waals surface area contributed by atoms with Crippen LogP contribution in [0.3, 0.4) is 0 Å². The van der Waals surface area contributed by atoms with E-state index >= 15 is 0 Å². The van der Waals surface area contributed by atoms with E-state index in [1.54, 1.807) is 0 Å². The molecule has 0 unspecified atom stereocenters. The number of benzene rings is 3. The minimum absolute atomic E-state index is 0.878. The zero-order chi connectivity index (χ0) is 19.5. The second kappa shape index (κ2) is 7.99. The van der Waals surface area contributed by atoms with Crippen LogP contribution in [-0.4, -0.2) is 14.1 Å². The quantitative estimate of drug-likeness (QED) is 0.395. The molecule has 1 aromatic heterocycles. The zero-order valence-corrected chi connectivity index (χ0v) is 17.4. The highest BCUT2D eigenvalue weighted by atomic mass is 32.1. The van der Waals surface area contributed by atoms with E-state index in [1.807, 2.05) is 11.3 Å². The molecule has 0 atom stereocenters. The minimum atomic E-state index is 0.878. The van der Waals surface area contributed by atoms with Gasteiger partial charge in [-0.3, -0.25) is 0 Å². The van der Waals surface area contributed by atoms with E-state index in [2.05, 4.69) is 115 Å². The zero-order valence-electron chi connectivity index (χ0n) is 16.6. The molecule has 0 N–H and O–H groups in total. The lowest BCUT2D eigenvalue weighted by atomic mass is 10.2. The first-order valence-electron chi connectivity index (χ1n) is 9.52. The first kappa shape index (κ1) is 18.5. The molecule has 0 saturated carbocycles. The van der Waals surface area contributed by atoms with Gasteiger partial charge in [0.1, 0.15) is 4.70 Å². The molecule has 0 aliphatic rings. The Balaban J connectivity index is 1.71. The van der Waals surface area contributed by atoms with Crippen molar-refractivity contribution in [1.29, 1.82) is 0 Å². The molecule has 0 aliphatic carbocycles. The van der Waals surface area contributed by atoms with E-state index in [-0.39, 0.29) is 0 Å². The van der Waals surface area contributed by atoms with Gasteiger partial charge >= 0.3 is 0 Å². The summed E-state index contributed by atoms with van der Waals surface area (Å²) in [5.41, 5.74) is 6.34. The lowest BCUT2D eigenvalue weighted by Gasteiger charge is -2.11. The van der Waals surface area contributed by atoms with Gasteiger partial charge in [-0.25, -0.2) is 0 Å². The van der Waals surface area contributed by atoms with E-state index in [4.69, 9.17) is 0 Å². The second-order valence-corrected chi connectivity index (χ2v) is 8.36. The number of rotatable bonds is 5. The molecule has 0 radical (unpaired) electrons. The number of anilines is 1. The van der Waals surface area contributed by atoms with Crippen LogP contribution >= 0.6 is 11.3 Å². The van der Waals surface area contributed by atoms with Crippen LogP contribution in [0.2, 0.25) is 0 Å². The minimum Gasteiger partial charge on any atom is -0.378 e. The Morgan fingerprint density at radius 1 is 0.893 bits per heavy atom. The highest BCUT2D eigenvalue weighted by molar-refractivity contribution is 7.18. The van der Waals surface area contributed by atoms with Crippen LogP contribution in [-0.2, 0) is 6.54 Å². The third-order valence-electron chi connectivity index (χ3n) is 4.90. The molecule has 0 aliphatic heterocycles. The molecule has 0 bridgehead atoms. The van der Waals surface area contributed by atoms with Crippen molar-refractivity contribution in [3.05, 3.63) is 94.5 Å². The molecule has 0 fully saturated rings. The lowest BCUT2D eigenvalue weighted by molar-refractivity contribution is -0.659. The molecule has 28 heavy (non-hydrogen) atoms. The third-order valence-corrected chi connectivity index (χ3v) is 6.01. The Morgan fingerprint density at radius 3 is 2.36 bits per heavy atom. The molecule has 140 valence electrons. The van der Waals surface area contributed by atoms with Gasteiger partial charge in [-0.05, 0) is 42.3 Å². The largest absolute Gasteiger partial charge is 0.378 e. The number of aromatic nitrogens is 1. The number of hydrogen-bond acceptors (Lipinski definition) is 2. The van der Waals surface area contributed by atoms with Gasteiger partial charge in [0.2, 0.25) is 5.52 Å². The number of aryl methyl sites for hydroxylation is 1. The van der Waals surface area contributed by atoms with Crippen molar-refractivity contribution < 1.29 is 4.57 Å². The Labute approximate surface area is 171 Å². The van der Waals surface area contributed by atoms with E-state index in [0.29, 0.717) is 0 Å².